The van der Waals surface area contributed by atoms with Crippen LogP contribution in [0.15, 0.2) is 54.6 Å². The molecular formula is C23H29N4OS+. The van der Waals surface area contributed by atoms with Gasteiger partial charge in [-0.1, -0.05) is 43.3 Å². The van der Waals surface area contributed by atoms with Crippen LogP contribution in [0.4, 0.5) is 0 Å². The van der Waals surface area contributed by atoms with Crippen molar-refractivity contribution in [2.24, 2.45) is 5.92 Å². The quantitative estimate of drug-likeness (QED) is 0.633. The molecule has 4 rings (SSSR count). The molecule has 152 valence electrons. The molecule has 0 atom stereocenters. The fourth-order valence-corrected chi connectivity index (χ4v) is 4.20. The Kier molecular flexibility index (Phi) is 6.11. The van der Waals surface area contributed by atoms with Crippen LogP contribution in [-0.4, -0.2) is 27.4 Å². The molecule has 29 heavy (non-hydrogen) atoms. The third-order valence-corrected chi connectivity index (χ3v) is 6.12. The maximum atomic E-state index is 6.11. The number of nitrogens with one attached hydrogen (secondary N) is 1. The summed E-state index contributed by atoms with van der Waals surface area (Å²) < 4.78 is 10.9. The molecular weight excluding hydrogens is 380 g/mol. The Morgan fingerprint density at radius 2 is 1.76 bits per heavy atom. The van der Waals surface area contributed by atoms with Crippen molar-refractivity contribution < 1.29 is 9.64 Å². The second-order valence-electron chi connectivity index (χ2n) is 8.01. The molecule has 0 unspecified atom stereocenters. The summed E-state index contributed by atoms with van der Waals surface area (Å²) in [5, 5.41) is 4.87. The van der Waals surface area contributed by atoms with Gasteiger partial charge in [0.2, 0.25) is 4.77 Å². The molecule has 0 aliphatic carbocycles. The Morgan fingerprint density at radius 1 is 1.07 bits per heavy atom. The van der Waals surface area contributed by atoms with Gasteiger partial charge in [-0.3, -0.25) is 4.57 Å². The van der Waals surface area contributed by atoms with Crippen molar-refractivity contribution in [3.8, 4) is 11.4 Å². The maximum Gasteiger partial charge on any atom is 0.207 e. The van der Waals surface area contributed by atoms with Gasteiger partial charge in [0.25, 0.3) is 0 Å². The van der Waals surface area contributed by atoms with Gasteiger partial charge in [-0.05, 0) is 61.7 Å². The highest BCUT2D eigenvalue weighted by atomic mass is 32.1. The Hall–Kier alpha value is -2.44. The van der Waals surface area contributed by atoms with E-state index < -0.39 is 0 Å². The first kappa shape index (κ1) is 19.9. The molecule has 1 aliphatic rings. The molecule has 2 aromatic carbocycles. The Labute approximate surface area is 177 Å². The van der Waals surface area contributed by atoms with Crippen molar-refractivity contribution in [2.75, 3.05) is 13.1 Å². The zero-order valence-electron chi connectivity index (χ0n) is 17.2. The average Bonchev–Trinajstić information content (AvgIpc) is 3.05. The van der Waals surface area contributed by atoms with Crippen molar-refractivity contribution in [1.29, 1.82) is 0 Å². The summed E-state index contributed by atoms with van der Waals surface area (Å²) in [5.74, 6) is 2.53. The molecule has 6 heteroatoms. The Bertz CT molecular complexity index is 1000. The SMILES string of the molecule is Cc1ccccc1OCc1nn(C[NH+]2CCC(C)CC2)c(=S)n1-c1ccccc1. The lowest BCUT2D eigenvalue weighted by Crippen LogP contribution is -3.12. The molecule has 1 aromatic heterocycles. The first-order valence-corrected chi connectivity index (χ1v) is 10.8. The van der Waals surface area contributed by atoms with Crippen LogP contribution < -0.4 is 9.64 Å². The van der Waals surface area contributed by atoms with E-state index in [9.17, 15) is 0 Å². The number of rotatable bonds is 6. The highest BCUT2D eigenvalue weighted by Gasteiger charge is 2.21. The van der Waals surface area contributed by atoms with Crippen molar-refractivity contribution in [3.63, 3.8) is 0 Å². The largest absolute Gasteiger partial charge is 0.485 e. The maximum absolute atomic E-state index is 6.11. The third-order valence-electron chi connectivity index (χ3n) is 5.73. The number of hydrogen-bond acceptors (Lipinski definition) is 3. The number of hydrogen-bond donors (Lipinski definition) is 1. The summed E-state index contributed by atoms with van der Waals surface area (Å²) in [5.41, 5.74) is 2.14. The highest BCUT2D eigenvalue weighted by Crippen LogP contribution is 2.19. The van der Waals surface area contributed by atoms with Crippen LogP contribution in [0.2, 0.25) is 0 Å². The summed E-state index contributed by atoms with van der Waals surface area (Å²) in [6.07, 6.45) is 2.54. The van der Waals surface area contributed by atoms with Crippen molar-refractivity contribution >= 4 is 12.2 Å². The van der Waals surface area contributed by atoms with E-state index in [-0.39, 0.29) is 0 Å². The minimum atomic E-state index is 0.378. The Morgan fingerprint density at radius 3 is 2.48 bits per heavy atom. The van der Waals surface area contributed by atoms with E-state index in [1.165, 1.54) is 25.9 Å². The number of quaternary nitrogens is 1. The number of aryl methyl sites for hydroxylation is 1. The second-order valence-corrected chi connectivity index (χ2v) is 8.38. The molecule has 1 aliphatic heterocycles. The number of piperidine rings is 1. The van der Waals surface area contributed by atoms with Crippen molar-refractivity contribution in [1.82, 2.24) is 14.3 Å². The summed E-state index contributed by atoms with van der Waals surface area (Å²) in [4.78, 5) is 1.54. The van der Waals surface area contributed by atoms with E-state index in [1.807, 2.05) is 45.6 Å². The lowest BCUT2D eigenvalue weighted by Gasteiger charge is -2.26. The molecule has 1 saturated heterocycles. The molecule has 0 spiro atoms. The zero-order chi connectivity index (χ0) is 20.2. The summed E-state index contributed by atoms with van der Waals surface area (Å²) in [6.45, 7) is 7.93. The number of aromatic nitrogens is 3. The van der Waals surface area contributed by atoms with E-state index in [0.717, 1.165) is 40.2 Å². The predicted octanol–water partition coefficient (Wildman–Crippen LogP) is 3.56. The van der Waals surface area contributed by atoms with Crippen LogP contribution in [0, 0.1) is 17.6 Å². The van der Waals surface area contributed by atoms with E-state index in [0.29, 0.717) is 6.61 Å². The van der Waals surface area contributed by atoms with Gasteiger partial charge >= 0.3 is 0 Å². The van der Waals surface area contributed by atoms with Crippen LogP contribution >= 0.6 is 12.2 Å². The van der Waals surface area contributed by atoms with Crippen LogP contribution in [0.5, 0.6) is 5.75 Å². The van der Waals surface area contributed by atoms with Crippen LogP contribution in [0.25, 0.3) is 5.69 Å². The standard InChI is InChI=1S/C23H28N4OS/c1-18-12-14-25(15-13-18)17-26-23(29)27(20-9-4-3-5-10-20)22(24-26)16-28-21-11-7-6-8-19(21)2/h3-11,18H,12-17H2,1-2H3/p+1. The predicted molar refractivity (Wildman–Crippen MR) is 117 cm³/mol. The van der Waals surface area contributed by atoms with Gasteiger partial charge < -0.3 is 9.64 Å². The molecule has 0 amide bonds. The minimum absolute atomic E-state index is 0.378. The fraction of sp³-hybridized carbons (Fsp3) is 0.391. The molecule has 0 radical (unpaired) electrons. The lowest BCUT2D eigenvalue weighted by atomic mass is 10.00. The van der Waals surface area contributed by atoms with E-state index >= 15 is 0 Å². The van der Waals surface area contributed by atoms with Crippen LogP contribution in [-0.2, 0) is 13.3 Å². The second kappa shape index (κ2) is 8.93. The number of ether oxygens (including phenoxy) is 1. The van der Waals surface area contributed by atoms with Gasteiger partial charge in [-0.2, -0.15) is 4.68 Å². The first-order chi connectivity index (χ1) is 14.1. The molecule has 0 bridgehead atoms. The van der Waals surface area contributed by atoms with Gasteiger partial charge in [-0.25, -0.2) is 0 Å². The molecule has 5 nitrogen and oxygen atoms in total. The van der Waals surface area contributed by atoms with Gasteiger partial charge in [0.1, 0.15) is 12.4 Å². The van der Waals surface area contributed by atoms with Crippen LogP contribution in [0.1, 0.15) is 31.2 Å². The zero-order valence-corrected chi connectivity index (χ0v) is 18.0. The van der Waals surface area contributed by atoms with Gasteiger partial charge in [0.15, 0.2) is 12.5 Å². The van der Waals surface area contributed by atoms with Gasteiger partial charge in [0, 0.05) is 5.69 Å². The monoisotopic (exact) mass is 409 g/mol. The lowest BCUT2D eigenvalue weighted by molar-refractivity contribution is -0.929. The third kappa shape index (κ3) is 4.60. The number of nitrogens with zero attached hydrogens (tertiary/aromatic N) is 3. The number of benzene rings is 2. The molecule has 1 fully saturated rings. The average molecular weight is 410 g/mol. The molecule has 3 aromatic rings. The van der Waals surface area contributed by atoms with E-state index in [2.05, 4.69) is 32.0 Å². The summed E-state index contributed by atoms with van der Waals surface area (Å²) in [6, 6.07) is 18.2. The Balaban J connectivity index is 1.62. The highest BCUT2D eigenvalue weighted by molar-refractivity contribution is 7.71. The first-order valence-electron chi connectivity index (χ1n) is 10.4. The van der Waals surface area contributed by atoms with Gasteiger partial charge in [0.05, 0.1) is 13.1 Å². The minimum Gasteiger partial charge on any atom is -0.485 e. The van der Waals surface area contributed by atoms with Crippen molar-refractivity contribution in [2.45, 2.75) is 40.0 Å². The van der Waals surface area contributed by atoms with Gasteiger partial charge in [-0.15, -0.1) is 5.10 Å². The van der Waals surface area contributed by atoms with Crippen LogP contribution in [0.3, 0.4) is 0 Å². The normalized spacial score (nSPS) is 19.2. The molecule has 0 saturated carbocycles. The smallest absolute Gasteiger partial charge is 0.207 e. The topological polar surface area (TPSA) is 36.4 Å². The molecule has 1 N–H and O–H groups in total. The molecule has 2 heterocycles. The number of para-hydroxylation sites is 2. The fourth-order valence-electron chi connectivity index (χ4n) is 3.89. The van der Waals surface area contributed by atoms with Crippen molar-refractivity contribution in [3.05, 3.63) is 70.8 Å². The number of likely N-dealkylation sites (tertiary alicyclic amines) is 1. The van der Waals surface area contributed by atoms with E-state index in [4.69, 9.17) is 22.1 Å². The summed E-state index contributed by atoms with van der Waals surface area (Å²) in [7, 11) is 0. The van der Waals surface area contributed by atoms with E-state index in [1.54, 1.807) is 4.90 Å². The summed E-state index contributed by atoms with van der Waals surface area (Å²) >= 11 is 5.84.